The molecule has 0 atom stereocenters. The molecule has 106 valence electrons. The van der Waals surface area contributed by atoms with E-state index in [2.05, 4.69) is 47.2 Å². The monoisotopic (exact) mass is 334 g/mol. The molecule has 0 bridgehead atoms. The van der Waals surface area contributed by atoms with Crippen LogP contribution < -0.4 is 15.8 Å². The van der Waals surface area contributed by atoms with E-state index in [1.165, 1.54) is 11.1 Å². The first-order chi connectivity index (χ1) is 9.52. The number of para-hydroxylation sites is 1. The van der Waals surface area contributed by atoms with Gasteiger partial charge in [0.2, 0.25) is 0 Å². The first-order valence-corrected chi connectivity index (χ1v) is 7.37. The Morgan fingerprint density at radius 3 is 2.45 bits per heavy atom. The number of benzene rings is 2. The van der Waals surface area contributed by atoms with Gasteiger partial charge in [-0.2, -0.15) is 0 Å². The summed E-state index contributed by atoms with van der Waals surface area (Å²) in [4.78, 5) is 0. The van der Waals surface area contributed by atoms with Crippen LogP contribution >= 0.6 is 15.9 Å². The number of nitrogen functional groups attached to an aromatic ring is 1. The predicted octanol–water partition coefficient (Wildman–Crippen LogP) is 4.79. The Labute approximate surface area is 128 Å². The molecule has 0 fully saturated rings. The van der Waals surface area contributed by atoms with E-state index >= 15 is 0 Å². The Morgan fingerprint density at radius 1 is 1.20 bits per heavy atom. The molecule has 3 N–H and O–H groups in total. The first kappa shape index (κ1) is 14.7. The topological polar surface area (TPSA) is 47.3 Å². The van der Waals surface area contributed by atoms with E-state index in [-0.39, 0.29) is 0 Å². The summed E-state index contributed by atoms with van der Waals surface area (Å²) in [6.07, 6.45) is 0. The summed E-state index contributed by atoms with van der Waals surface area (Å²) < 4.78 is 6.65. The van der Waals surface area contributed by atoms with Gasteiger partial charge in [-0.15, -0.1) is 0 Å². The molecule has 0 saturated carbocycles. The lowest BCUT2D eigenvalue weighted by molar-refractivity contribution is 0.342. The molecular formula is C16H19BrN2O. The lowest BCUT2D eigenvalue weighted by atomic mass is 10.1. The second-order valence-electron chi connectivity index (χ2n) is 4.70. The molecule has 0 aliphatic rings. The number of hydrogen-bond acceptors (Lipinski definition) is 3. The lowest BCUT2D eigenvalue weighted by Gasteiger charge is -2.14. The molecule has 2 rings (SSSR count). The van der Waals surface area contributed by atoms with E-state index < -0.39 is 0 Å². The van der Waals surface area contributed by atoms with Crippen LogP contribution in [0, 0.1) is 13.8 Å². The van der Waals surface area contributed by atoms with E-state index in [0.29, 0.717) is 18.0 Å². The van der Waals surface area contributed by atoms with Crippen LogP contribution in [0.5, 0.6) is 5.75 Å². The Morgan fingerprint density at radius 2 is 1.85 bits per heavy atom. The van der Waals surface area contributed by atoms with Gasteiger partial charge in [0.05, 0.1) is 18.0 Å². The summed E-state index contributed by atoms with van der Waals surface area (Å²) in [6, 6.07) is 9.93. The van der Waals surface area contributed by atoms with Crippen molar-refractivity contribution in [3.63, 3.8) is 0 Å². The minimum absolute atomic E-state index is 0.601. The van der Waals surface area contributed by atoms with Crippen molar-refractivity contribution in [1.82, 2.24) is 0 Å². The number of halogens is 1. The molecule has 0 spiro atoms. The summed E-state index contributed by atoms with van der Waals surface area (Å²) in [5.41, 5.74) is 11.0. The van der Waals surface area contributed by atoms with Gasteiger partial charge in [0, 0.05) is 10.2 Å². The highest BCUT2D eigenvalue weighted by Crippen LogP contribution is 2.33. The maximum Gasteiger partial charge on any atom is 0.144 e. The van der Waals surface area contributed by atoms with E-state index in [0.717, 1.165) is 15.8 Å². The number of nitrogens with one attached hydrogen (secondary N) is 1. The average molecular weight is 335 g/mol. The third-order valence-electron chi connectivity index (χ3n) is 3.08. The SMILES string of the molecule is CCOc1cccc(Nc2cc(C)c(Br)c(C)c2)c1N. The molecule has 4 heteroatoms. The predicted molar refractivity (Wildman–Crippen MR) is 88.9 cm³/mol. The highest BCUT2D eigenvalue weighted by atomic mass is 79.9. The van der Waals surface area contributed by atoms with Crippen LogP contribution in [-0.4, -0.2) is 6.61 Å². The van der Waals surface area contributed by atoms with E-state index in [1.54, 1.807) is 0 Å². The minimum atomic E-state index is 0.601. The van der Waals surface area contributed by atoms with Crippen LogP contribution in [0.2, 0.25) is 0 Å². The highest BCUT2D eigenvalue weighted by Gasteiger charge is 2.07. The molecule has 20 heavy (non-hydrogen) atoms. The van der Waals surface area contributed by atoms with E-state index in [4.69, 9.17) is 10.5 Å². The van der Waals surface area contributed by atoms with Crippen LogP contribution in [0.3, 0.4) is 0 Å². The number of ether oxygens (including phenoxy) is 1. The molecule has 0 heterocycles. The Bertz CT molecular complexity index is 603. The third-order valence-corrected chi connectivity index (χ3v) is 4.33. The molecule has 0 aromatic heterocycles. The van der Waals surface area contributed by atoms with Gasteiger partial charge in [-0.25, -0.2) is 0 Å². The van der Waals surface area contributed by atoms with Crippen molar-refractivity contribution < 1.29 is 4.74 Å². The molecule has 0 aliphatic heterocycles. The quantitative estimate of drug-likeness (QED) is 0.790. The summed E-state index contributed by atoms with van der Waals surface area (Å²) >= 11 is 3.57. The smallest absolute Gasteiger partial charge is 0.144 e. The molecular weight excluding hydrogens is 316 g/mol. The minimum Gasteiger partial charge on any atom is -0.492 e. The number of aryl methyl sites for hydroxylation is 2. The number of hydrogen-bond donors (Lipinski definition) is 2. The molecule has 0 saturated heterocycles. The Balaban J connectivity index is 2.33. The normalized spacial score (nSPS) is 10.4. The van der Waals surface area contributed by atoms with Crippen LogP contribution in [0.25, 0.3) is 0 Å². The van der Waals surface area contributed by atoms with Crippen molar-refractivity contribution in [2.45, 2.75) is 20.8 Å². The first-order valence-electron chi connectivity index (χ1n) is 6.58. The fourth-order valence-electron chi connectivity index (χ4n) is 2.11. The average Bonchev–Trinajstić information content (AvgIpc) is 2.41. The van der Waals surface area contributed by atoms with Crippen LogP contribution in [0.4, 0.5) is 17.1 Å². The second-order valence-corrected chi connectivity index (χ2v) is 5.49. The largest absolute Gasteiger partial charge is 0.492 e. The second kappa shape index (κ2) is 6.18. The fraction of sp³-hybridized carbons (Fsp3) is 0.250. The van der Waals surface area contributed by atoms with Crippen molar-refractivity contribution >= 4 is 33.0 Å². The van der Waals surface area contributed by atoms with Gasteiger partial charge in [0.15, 0.2) is 0 Å². The molecule has 0 unspecified atom stereocenters. The zero-order valence-electron chi connectivity index (χ0n) is 12.0. The molecule has 3 nitrogen and oxygen atoms in total. The van der Waals surface area contributed by atoms with Gasteiger partial charge in [0.1, 0.15) is 5.75 Å². The van der Waals surface area contributed by atoms with Crippen LogP contribution in [0.1, 0.15) is 18.1 Å². The number of nitrogens with two attached hydrogens (primary N) is 1. The zero-order chi connectivity index (χ0) is 14.7. The molecule has 2 aromatic rings. The number of anilines is 3. The van der Waals surface area contributed by atoms with E-state index in [1.807, 2.05) is 25.1 Å². The Kier molecular flexibility index (Phi) is 4.55. The molecule has 0 aliphatic carbocycles. The third kappa shape index (κ3) is 3.07. The van der Waals surface area contributed by atoms with E-state index in [9.17, 15) is 0 Å². The van der Waals surface area contributed by atoms with Crippen LogP contribution in [-0.2, 0) is 0 Å². The molecule has 0 radical (unpaired) electrons. The molecule has 0 amide bonds. The number of rotatable bonds is 4. The van der Waals surface area contributed by atoms with Gasteiger partial charge >= 0.3 is 0 Å². The Hall–Kier alpha value is -1.68. The summed E-state index contributed by atoms with van der Waals surface area (Å²) in [5, 5.41) is 3.35. The van der Waals surface area contributed by atoms with Gasteiger partial charge in [0.25, 0.3) is 0 Å². The lowest BCUT2D eigenvalue weighted by Crippen LogP contribution is -2.01. The van der Waals surface area contributed by atoms with Gasteiger partial charge in [-0.05, 0) is 56.2 Å². The van der Waals surface area contributed by atoms with Crippen LogP contribution in [0.15, 0.2) is 34.8 Å². The summed E-state index contributed by atoms with van der Waals surface area (Å²) in [7, 11) is 0. The van der Waals surface area contributed by atoms with Gasteiger partial charge < -0.3 is 15.8 Å². The van der Waals surface area contributed by atoms with Crippen molar-refractivity contribution in [2.24, 2.45) is 0 Å². The van der Waals surface area contributed by atoms with Crippen molar-refractivity contribution in [2.75, 3.05) is 17.7 Å². The highest BCUT2D eigenvalue weighted by molar-refractivity contribution is 9.10. The van der Waals surface area contributed by atoms with Gasteiger partial charge in [-0.1, -0.05) is 22.0 Å². The summed E-state index contributed by atoms with van der Waals surface area (Å²) in [5.74, 6) is 0.711. The maximum atomic E-state index is 6.13. The van der Waals surface area contributed by atoms with Crippen molar-refractivity contribution in [3.05, 3.63) is 45.9 Å². The van der Waals surface area contributed by atoms with Crippen molar-refractivity contribution in [1.29, 1.82) is 0 Å². The zero-order valence-corrected chi connectivity index (χ0v) is 13.5. The standard InChI is InChI=1S/C16H19BrN2O/c1-4-20-14-7-5-6-13(16(14)18)19-12-8-10(2)15(17)11(3)9-12/h5-9,19H,4,18H2,1-3H3. The maximum absolute atomic E-state index is 6.13. The summed E-state index contributed by atoms with van der Waals surface area (Å²) in [6.45, 7) is 6.69. The molecule has 2 aromatic carbocycles. The van der Waals surface area contributed by atoms with Crippen molar-refractivity contribution in [3.8, 4) is 5.75 Å². The van der Waals surface area contributed by atoms with Gasteiger partial charge in [-0.3, -0.25) is 0 Å². The fourth-order valence-corrected chi connectivity index (χ4v) is 2.34.